The quantitative estimate of drug-likeness (QED) is 0.168. The minimum atomic E-state index is -1.19. The van der Waals surface area contributed by atoms with Gasteiger partial charge in [0.2, 0.25) is 17.7 Å². The number of nitrogens with zero attached hydrogens (tertiary/aromatic N) is 1. The molecular weight excluding hydrogens is 667 g/mol. The minimum Gasteiger partial charge on any atom is -0.372 e. The maximum Gasteiger partial charge on any atom is 0.251 e. The number of primary amides is 1. The molecule has 2 saturated carbocycles. The van der Waals surface area contributed by atoms with Crippen LogP contribution < -0.4 is 21.7 Å². The van der Waals surface area contributed by atoms with Gasteiger partial charge in [-0.05, 0) is 86.3 Å². The van der Waals surface area contributed by atoms with Crippen LogP contribution in [-0.4, -0.2) is 78.0 Å². The van der Waals surface area contributed by atoms with Gasteiger partial charge in [0, 0.05) is 24.7 Å². The number of piperidine rings is 1. The zero-order valence-electron chi connectivity index (χ0n) is 31.3. The fraction of sp³-hybridized carbons (Fsp3) is 0.535. The SMILES string of the molecule is CC(C)NC(=O)[C@@H]1C[C@@H]2CCCC[C@@H]2CN1C[C@@H](OC1CCCC1)[C@H](Cc1ccccc1)NC(=O)C(CC(N)=O)NC(=O)c1ccc2ccccc2c1. The van der Waals surface area contributed by atoms with Gasteiger partial charge in [-0.1, -0.05) is 92.8 Å². The molecule has 5 N–H and O–H groups in total. The summed E-state index contributed by atoms with van der Waals surface area (Å²) in [5, 5.41) is 11.1. The maximum atomic E-state index is 14.3. The number of fused-ring (bicyclic) bond motifs is 2. The molecule has 0 aromatic heterocycles. The summed E-state index contributed by atoms with van der Waals surface area (Å²) in [6, 6.07) is 21.1. The van der Waals surface area contributed by atoms with E-state index in [1.54, 1.807) is 12.1 Å². The summed E-state index contributed by atoms with van der Waals surface area (Å²) in [5.41, 5.74) is 7.06. The molecule has 10 nitrogen and oxygen atoms in total. The number of amides is 4. The molecule has 3 fully saturated rings. The molecule has 4 amide bonds. The van der Waals surface area contributed by atoms with E-state index < -0.39 is 35.9 Å². The van der Waals surface area contributed by atoms with Gasteiger partial charge in [-0.25, -0.2) is 0 Å². The standard InChI is InChI=1S/C43H57N5O5/c1-28(2)45-43(52)38-24-32-16-8-9-17-34(32)26-48(38)27-39(53-35-18-10-11-19-35)36(22-29-12-4-3-5-13-29)46-42(51)37(25-40(44)49)47-41(50)33-21-20-30-14-6-7-15-31(30)23-33/h3-7,12-15,20-21,23,28,32,34-39H,8-11,16-19,22,24-27H2,1-2H3,(H2,44,49)(H,45,52)(H,46,51)(H,47,50)/t32-,34+,36-,37?,38-,39+/m0/s1. The summed E-state index contributed by atoms with van der Waals surface area (Å²) in [4.78, 5) is 56.3. The van der Waals surface area contributed by atoms with Gasteiger partial charge in [-0.15, -0.1) is 0 Å². The number of nitrogens with one attached hydrogen (secondary N) is 3. The Bertz CT molecular complexity index is 1710. The van der Waals surface area contributed by atoms with Gasteiger partial charge in [0.15, 0.2) is 0 Å². The Morgan fingerprint density at radius 3 is 2.21 bits per heavy atom. The Hall–Kier alpha value is -4.28. The second-order valence-electron chi connectivity index (χ2n) is 15.8. The van der Waals surface area contributed by atoms with Crippen LogP contribution in [0.4, 0.5) is 0 Å². The van der Waals surface area contributed by atoms with E-state index in [1.807, 2.05) is 74.5 Å². The molecule has 3 aliphatic rings. The van der Waals surface area contributed by atoms with Crippen molar-refractivity contribution >= 4 is 34.4 Å². The summed E-state index contributed by atoms with van der Waals surface area (Å²) >= 11 is 0. The van der Waals surface area contributed by atoms with Gasteiger partial charge in [0.1, 0.15) is 6.04 Å². The summed E-state index contributed by atoms with van der Waals surface area (Å²) in [5.74, 6) is -0.574. The number of benzene rings is 3. The summed E-state index contributed by atoms with van der Waals surface area (Å²) < 4.78 is 6.98. The predicted molar refractivity (Wildman–Crippen MR) is 207 cm³/mol. The molecule has 1 aliphatic heterocycles. The third-order valence-corrected chi connectivity index (χ3v) is 11.4. The number of carbonyl (C=O) groups excluding carboxylic acids is 4. The van der Waals surface area contributed by atoms with Crippen molar-refractivity contribution in [2.75, 3.05) is 13.1 Å². The van der Waals surface area contributed by atoms with E-state index in [9.17, 15) is 19.2 Å². The van der Waals surface area contributed by atoms with E-state index in [2.05, 4.69) is 20.9 Å². The minimum absolute atomic E-state index is 0.0242. The van der Waals surface area contributed by atoms with Crippen molar-refractivity contribution in [3.05, 3.63) is 83.9 Å². The Labute approximate surface area is 314 Å². The summed E-state index contributed by atoms with van der Waals surface area (Å²) in [7, 11) is 0. The topological polar surface area (TPSA) is 143 Å². The molecule has 0 radical (unpaired) electrons. The molecule has 10 heteroatoms. The molecular formula is C43H57N5O5. The molecule has 1 unspecified atom stereocenters. The number of rotatable bonds is 15. The molecule has 6 atom stereocenters. The first-order valence-electron chi connectivity index (χ1n) is 19.7. The van der Waals surface area contributed by atoms with Gasteiger partial charge in [-0.3, -0.25) is 24.1 Å². The first-order valence-corrected chi connectivity index (χ1v) is 19.7. The highest BCUT2D eigenvalue weighted by Gasteiger charge is 2.42. The van der Waals surface area contributed by atoms with Crippen LogP contribution in [0, 0.1) is 11.8 Å². The Balaban J connectivity index is 1.28. The number of hydrogen-bond donors (Lipinski definition) is 4. The third-order valence-electron chi connectivity index (χ3n) is 11.4. The van der Waals surface area contributed by atoms with Gasteiger partial charge in [0.25, 0.3) is 5.91 Å². The highest BCUT2D eigenvalue weighted by atomic mass is 16.5. The Morgan fingerprint density at radius 1 is 0.811 bits per heavy atom. The molecule has 6 rings (SSSR count). The van der Waals surface area contributed by atoms with Gasteiger partial charge in [0.05, 0.1) is 30.7 Å². The van der Waals surface area contributed by atoms with Crippen molar-refractivity contribution in [3.63, 3.8) is 0 Å². The van der Waals surface area contributed by atoms with E-state index in [1.165, 1.54) is 12.8 Å². The molecule has 1 heterocycles. The van der Waals surface area contributed by atoms with Crippen LogP contribution in [0.1, 0.15) is 94.0 Å². The molecule has 0 bridgehead atoms. The van der Waals surface area contributed by atoms with E-state index in [-0.39, 0.29) is 30.5 Å². The average Bonchev–Trinajstić information content (AvgIpc) is 3.66. The normalized spacial score (nSPS) is 22.4. The van der Waals surface area contributed by atoms with Crippen molar-refractivity contribution in [1.82, 2.24) is 20.9 Å². The molecule has 284 valence electrons. The second-order valence-corrected chi connectivity index (χ2v) is 15.8. The summed E-state index contributed by atoms with van der Waals surface area (Å²) in [6.07, 6.45) is 9.29. The van der Waals surface area contributed by atoms with Gasteiger partial charge >= 0.3 is 0 Å². The van der Waals surface area contributed by atoms with Crippen molar-refractivity contribution in [1.29, 1.82) is 0 Å². The van der Waals surface area contributed by atoms with Crippen LogP contribution >= 0.6 is 0 Å². The lowest BCUT2D eigenvalue weighted by molar-refractivity contribution is -0.135. The smallest absolute Gasteiger partial charge is 0.251 e. The van der Waals surface area contributed by atoms with Crippen LogP contribution in [0.25, 0.3) is 10.8 Å². The average molecular weight is 724 g/mol. The first-order chi connectivity index (χ1) is 25.6. The Kier molecular flexibility index (Phi) is 13.2. The van der Waals surface area contributed by atoms with Crippen molar-refractivity contribution in [2.24, 2.45) is 17.6 Å². The lowest BCUT2D eigenvalue weighted by Gasteiger charge is -2.47. The fourth-order valence-electron chi connectivity index (χ4n) is 8.73. The highest BCUT2D eigenvalue weighted by molar-refractivity contribution is 6.01. The van der Waals surface area contributed by atoms with Crippen LogP contribution in [-0.2, 0) is 25.5 Å². The van der Waals surface area contributed by atoms with Crippen LogP contribution in [0.2, 0.25) is 0 Å². The van der Waals surface area contributed by atoms with Crippen molar-refractivity contribution in [2.45, 2.75) is 121 Å². The largest absolute Gasteiger partial charge is 0.372 e. The molecule has 2 aliphatic carbocycles. The molecule has 53 heavy (non-hydrogen) atoms. The number of nitrogens with two attached hydrogens (primary N) is 1. The molecule has 0 spiro atoms. The number of ether oxygens (including phenoxy) is 1. The van der Waals surface area contributed by atoms with Gasteiger partial charge in [-0.2, -0.15) is 0 Å². The van der Waals surface area contributed by atoms with Crippen LogP contribution in [0.5, 0.6) is 0 Å². The number of carbonyl (C=O) groups is 4. The fourth-order valence-corrected chi connectivity index (χ4v) is 8.73. The zero-order chi connectivity index (χ0) is 37.3. The molecule has 3 aromatic carbocycles. The first kappa shape index (κ1) is 38.4. The maximum absolute atomic E-state index is 14.3. The van der Waals surface area contributed by atoms with Crippen molar-refractivity contribution in [3.8, 4) is 0 Å². The predicted octanol–water partition coefficient (Wildman–Crippen LogP) is 5.27. The third kappa shape index (κ3) is 10.4. The van der Waals surface area contributed by atoms with E-state index in [0.29, 0.717) is 30.4 Å². The number of likely N-dealkylation sites (tertiary alicyclic amines) is 1. The lowest BCUT2D eigenvalue weighted by Crippen LogP contribution is -2.61. The zero-order valence-corrected chi connectivity index (χ0v) is 31.3. The van der Waals surface area contributed by atoms with E-state index in [4.69, 9.17) is 10.5 Å². The second kappa shape index (κ2) is 18.2. The molecule has 3 aromatic rings. The van der Waals surface area contributed by atoms with Crippen molar-refractivity contribution < 1.29 is 23.9 Å². The van der Waals surface area contributed by atoms with Gasteiger partial charge < -0.3 is 26.4 Å². The van der Waals surface area contributed by atoms with Crippen LogP contribution in [0.15, 0.2) is 72.8 Å². The van der Waals surface area contributed by atoms with Crippen LogP contribution in [0.3, 0.4) is 0 Å². The number of hydrogen-bond acceptors (Lipinski definition) is 6. The van der Waals surface area contributed by atoms with E-state index in [0.717, 1.165) is 67.8 Å². The monoisotopic (exact) mass is 723 g/mol. The summed E-state index contributed by atoms with van der Waals surface area (Å²) in [6.45, 7) is 5.27. The Morgan fingerprint density at radius 2 is 1.49 bits per heavy atom. The van der Waals surface area contributed by atoms with E-state index >= 15 is 0 Å². The molecule has 1 saturated heterocycles. The highest BCUT2D eigenvalue weighted by Crippen LogP contribution is 2.39. The lowest BCUT2D eigenvalue weighted by atomic mass is 9.72.